The van der Waals surface area contributed by atoms with Crippen LogP contribution in [0.5, 0.6) is 0 Å². The summed E-state index contributed by atoms with van der Waals surface area (Å²) in [4.78, 5) is 15.2. The van der Waals surface area contributed by atoms with Gasteiger partial charge in [-0.05, 0) is 57.1 Å². The summed E-state index contributed by atoms with van der Waals surface area (Å²) < 4.78 is 0. The van der Waals surface area contributed by atoms with Crippen LogP contribution in [0, 0.1) is 0 Å². The van der Waals surface area contributed by atoms with Crippen LogP contribution in [0.2, 0.25) is 0 Å². The largest absolute Gasteiger partial charge is 0.359 e. The number of allylic oxidation sites excluding steroid dienone is 6. The van der Waals surface area contributed by atoms with E-state index in [1.54, 1.807) is 19.2 Å². The molecule has 0 unspecified atom stereocenters. The molecule has 0 aliphatic rings. The van der Waals surface area contributed by atoms with Crippen molar-refractivity contribution in [1.82, 2.24) is 5.32 Å². The van der Waals surface area contributed by atoms with Gasteiger partial charge in [0.05, 0.1) is 0 Å². The van der Waals surface area contributed by atoms with Crippen molar-refractivity contribution in [1.29, 1.82) is 0 Å². The van der Waals surface area contributed by atoms with E-state index in [9.17, 15) is 4.79 Å². The zero-order chi connectivity index (χ0) is 14.8. The molecule has 3 heteroatoms. The van der Waals surface area contributed by atoms with Gasteiger partial charge in [0.25, 0.3) is 0 Å². The van der Waals surface area contributed by atoms with Gasteiger partial charge in [-0.3, -0.25) is 9.79 Å². The van der Waals surface area contributed by atoms with Gasteiger partial charge in [-0.2, -0.15) is 0 Å². The molecule has 1 N–H and O–H groups in total. The molecule has 0 aliphatic heterocycles. The highest BCUT2D eigenvalue weighted by Gasteiger charge is 2.01. The fourth-order valence-electron chi connectivity index (χ4n) is 1.25. The van der Waals surface area contributed by atoms with Crippen molar-refractivity contribution in [2.24, 2.45) is 4.99 Å². The van der Waals surface area contributed by atoms with Gasteiger partial charge in [-0.25, -0.2) is 0 Å². The van der Waals surface area contributed by atoms with Crippen molar-refractivity contribution < 1.29 is 4.79 Å². The summed E-state index contributed by atoms with van der Waals surface area (Å²) in [5.74, 6) is 0.0718. The summed E-state index contributed by atoms with van der Waals surface area (Å²) in [6, 6.07) is 0. The molecule has 0 amide bonds. The maximum absolute atomic E-state index is 11.3. The highest BCUT2D eigenvalue weighted by atomic mass is 16.1. The molecule has 0 aromatic heterocycles. The van der Waals surface area contributed by atoms with Gasteiger partial charge in [-0.15, -0.1) is 0 Å². The molecule has 0 fully saturated rings. The lowest BCUT2D eigenvalue weighted by molar-refractivity contribution is -0.113. The summed E-state index contributed by atoms with van der Waals surface area (Å²) in [5.41, 5.74) is 3.42. The second kappa shape index (κ2) is 8.86. The fraction of sp³-hybridized carbons (Fsp3) is 0.250. The third-order valence-electron chi connectivity index (χ3n) is 2.57. The second-order valence-electron chi connectivity index (χ2n) is 4.12. The maximum Gasteiger partial charge on any atom is 0.155 e. The van der Waals surface area contributed by atoms with Crippen LogP contribution in [-0.2, 0) is 4.79 Å². The molecule has 0 radical (unpaired) electrons. The van der Waals surface area contributed by atoms with Gasteiger partial charge in [-0.1, -0.05) is 13.2 Å². The van der Waals surface area contributed by atoms with Crippen LogP contribution in [0.25, 0.3) is 0 Å². The molecule has 0 saturated carbocycles. The van der Waals surface area contributed by atoms with Crippen LogP contribution < -0.4 is 5.32 Å². The van der Waals surface area contributed by atoms with Gasteiger partial charge in [0.1, 0.15) is 0 Å². The fourth-order valence-corrected chi connectivity index (χ4v) is 1.25. The lowest BCUT2D eigenvalue weighted by Gasteiger charge is -2.08. The Labute approximate surface area is 115 Å². The molecule has 3 nitrogen and oxygen atoms in total. The highest BCUT2D eigenvalue weighted by molar-refractivity contribution is 5.93. The molecule has 19 heavy (non-hydrogen) atoms. The molecule has 0 aromatic rings. The molecule has 0 spiro atoms. The molecule has 0 atom stereocenters. The summed E-state index contributed by atoms with van der Waals surface area (Å²) in [7, 11) is 0. The minimum Gasteiger partial charge on any atom is -0.359 e. The van der Waals surface area contributed by atoms with E-state index in [0.717, 1.165) is 22.5 Å². The van der Waals surface area contributed by atoms with E-state index in [2.05, 4.69) is 23.5 Å². The summed E-state index contributed by atoms with van der Waals surface area (Å²) >= 11 is 0. The zero-order valence-electron chi connectivity index (χ0n) is 12.2. The Bertz CT molecular complexity index is 477. The Balaban J connectivity index is 5.04. The Morgan fingerprint density at radius 2 is 1.79 bits per heavy atom. The molecular weight excluding hydrogens is 236 g/mol. The third kappa shape index (κ3) is 6.99. The minimum atomic E-state index is 0.0718. The first-order chi connectivity index (χ1) is 8.92. The first-order valence-corrected chi connectivity index (χ1v) is 6.03. The average Bonchev–Trinajstić information content (AvgIpc) is 2.36. The summed E-state index contributed by atoms with van der Waals surface area (Å²) in [6.45, 7) is 14.4. The van der Waals surface area contributed by atoms with E-state index in [1.807, 2.05) is 32.9 Å². The van der Waals surface area contributed by atoms with E-state index in [4.69, 9.17) is 0 Å². The SMILES string of the molecule is C=C/N=C\C=C(/C)N/C(C=C)=C/C(C)=C(\C)C(C)=O. The van der Waals surface area contributed by atoms with Crippen molar-refractivity contribution in [2.45, 2.75) is 27.7 Å². The number of nitrogens with one attached hydrogen (secondary N) is 1. The van der Waals surface area contributed by atoms with Crippen molar-refractivity contribution in [2.75, 3.05) is 0 Å². The Hall–Kier alpha value is -2.16. The molecule has 102 valence electrons. The van der Waals surface area contributed by atoms with Gasteiger partial charge >= 0.3 is 0 Å². The standard InChI is InChI=1S/C16H22N2O/c1-7-16(11-12(3)14(5)15(6)19)18-13(4)9-10-17-8-2/h7-11,18H,1-2H2,3-6H3/b13-9+,14-12+,16-11+,17-10-. The Morgan fingerprint density at radius 1 is 1.16 bits per heavy atom. The number of hydrogen-bond donors (Lipinski definition) is 1. The first kappa shape index (κ1) is 16.8. The number of nitrogens with zero attached hydrogens (tertiary/aromatic N) is 1. The lowest BCUT2D eigenvalue weighted by Crippen LogP contribution is -2.09. The summed E-state index contributed by atoms with van der Waals surface area (Å²) in [6.07, 6.45) is 8.55. The predicted octanol–water partition coefficient (Wildman–Crippen LogP) is 3.69. The number of carbonyl (C=O) groups is 1. The number of ketones is 1. The Kier molecular flexibility index (Phi) is 7.85. The number of Topliss-reactive ketones (excluding diaryl/α,β-unsaturated/α-hetero) is 1. The quantitative estimate of drug-likeness (QED) is 0.430. The zero-order valence-corrected chi connectivity index (χ0v) is 12.2. The van der Waals surface area contributed by atoms with Crippen LogP contribution in [-0.4, -0.2) is 12.0 Å². The minimum absolute atomic E-state index is 0.0718. The number of carbonyl (C=O) groups excluding carboxylic acids is 1. The van der Waals surface area contributed by atoms with E-state index < -0.39 is 0 Å². The smallest absolute Gasteiger partial charge is 0.155 e. The van der Waals surface area contributed by atoms with Crippen LogP contribution in [0.15, 0.2) is 65.1 Å². The molecule has 0 rings (SSSR count). The van der Waals surface area contributed by atoms with Gasteiger partial charge in [0, 0.05) is 23.8 Å². The average molecular weight is 258 g/mol. The summed E-state index contributed by atoms with van der Waals surface area (Å²) in [5, 5.41) is 3.18. The van der Waals surface area contributed by atoms with Crippen LogP contribution in [0.3, 0.4) is 0 Å². The number of rotatable bonds is 7. The van der Waals surface area contributed by atoms with Crippen LogP contribution in [0.1, 0.15) is 27.7 Å². The normalized spacial score (nSPS) is 14.1. The van der Waals surface area contributed by atoms with Crippen molar-refractivity contribution >= 4 is 12.0 Å². The van der Waals surface area contributed by atoms with Gasteiger partial charge in [0.15, 0.2) is 5.78 Å². The van der Waals surface area contributed by atoms with Crippen LogP contribution >= 0.6 is 0 Å². The number of hydrogen-bond acceptors (Lipinski definition) is 3. The Morgan fingerprint density at radius 3 is 2.26 bits per heavy atom. The molecular formula is C16H22N2O. The van der Waals surface area contributed by atoms with Crippen molar-refractivity contribution in [3.63, 3.8) is 0 Å². The lowest BCUT2D eigenvalue weighted by atomic mass is 10.1. The highest BCUT2D eigenvalue weighted by Crippen LogP contribution is 2.09. The van der Waals surface area contributed by atoms with E-state index >= 15 is 0 Å². The van der Waals surface area contributed by atoms with Gasteiger partial charge in [0.2, 0.25) is 0 Å². The van der Waals surface area contributed by atoms with Crippen LogP contribution in [0.4, 0.5) is 0 Å². The van der Waals surface area contributed by atoms with Crippen molar-refractivity contribution in [3.05, 3.63) is 60.1 Å². The topological polar surface area (TPSA) is 41.5 Å². The molecule has 0 bridgehead atoms. The molecule has 0 heterocycles. The van der Waals surface area contributed by atoms with Crippen molar-refractivity contribution in [3.8, 4) is 0 Å². The second-order valence-corrected chi connectivity index (χ2v) is 4.12. The van der Waals surface area contributed by atoms with E-state index in [0.29, 0.717) is 0 Å². The predicted molar refractivity (Wildman–Crippen MR) is 82.9 cm³/mol. The maximum atomic E-state index is 11.3. The number of aliphatic imine (C=N–C) groups is 1. The van der Waals surface area contributed by atoms with E-state index in [-0.39, 0.29) is 5.78 Å². The van der Waals surface area contributed by atoms with Gasteiger partial charge < -0.3 is 5.32 Å². The molecule has 0 aliphatic carbocycles. The first-order valence-electron chi connectivity index (χ1n) is 6.03. The molecule has 0 aromatic carbocycles. The third-order valence-corrected chi connectivity index (χ3v) is 2.57. The van der Waals surface area contributed by atoms with E-state index in [1.165, 1.54) is 6.20 Å². The molecule has 0 saturated heterocycles. The monoisotopic (exact) mass is 258 g/mol.